The van der Waals surface area contributed by atoms with Crippen LogP contribution >= 0.6 is 11.6 Å². The van der Waals surface area contributed by atoms with Gasteiger partial charge in [0.2, 0.25) is 5.29 Å². The summed E-state index contributed by atoms with van der Waals surface area (Å²) in [6.07, 6.45) is -1.95. The van der Waals surface area contributed by atoms with Gasteiger partial charge in [-0.05, 0) is 18.5 Å². The van der Waals surface area contributed by atoms with E-state index in [1.807, 2.05) is 0 Å². The molecule has 0 aromatic rings. The van der Waals surface area contributed by atoms with Crippen LogP contribution in [-0.2, 0) is 0 Å². The normalized spacial score (nSPS) is 17.6. The lowest BCUT2D eigenvalue weighted by atomic mass is 10.4. The maximum atomic E-state index is 11.6. The first kappa shape index (κ1) is 7.82. The number of hydrogen-bond donors (Lipinski definition) is 0. The lowest BCUT2D eigenvalue weighted by Gasteiger charge is -1.92. The zero-order chi connectivity index (χ0) is 6.73. The van der Waals surface area contributed by atoms with E-state index in [0.29, 0.717) is 0 Å². The zero-order valence-corrected chi connectivity index (χ0v) is 4.85. The van der Waals surface area contributed by atoms with Crippen LogP contribution < -0.4 is 0 Å². The molecule has 1 unspecified atom stereocenters. The second kappa shape index (κ2) is 2.97. The summed E-state index contributed by atoms with van der Waals surface area (Å²) in [7, 11) is 0. The minimum atomic E-state index is -1.95. The summed E-state index contributed by atoms with van der Waals surface area (Å²) in [5.74, 6) is -1.55. The van der Waals surface area contributed by atoms with Gasteiger partial charge < -0.3 is 0 Å². The molecule has 0 aliphatic rings. The van der Waals surface area contributed by atoms with Crippen molar-refractivity contribution >= 4 is 11.6 Å². The Morgan fingerprint density at radius 3 is 1.88 bits per heavy atom. The van der Waals surface area contributed by atoms with Gasteiger partial charge in [0.25, 0.3) is 0 Å². The molecule has 0 rings (SSSR count). The van der Waals surface area contributed by atoms with E-state index in [1.54, 1.807) is 0 Å². The molecule has 0 amide bonds. The summed E-state index contributed by atoms with van der Waals surface area (Å²) in [6.45, 7) is 0.858. The van der Waals surface area contributed by atoms with Gasteiger partial charge in [0.1, 0.15) is 0 Å². The Bertz CT molecular complexity index is 104. The number of hydrogen-bond acceptors (Lipinski definition) is 0. The van der Waals surface area contributed by atoms with Crippen molar-refractivity contribution in [3.05, 3.63) is 11.1 Å². The van der Waals surface area contributed by atoms with Gasteiger partial charge in [-0.2, -0.15) is 4.39 Å². The molecular formula is C4H4ClF3. The SMILES string of the molecule is CC(F)C(F)=C(F)Cl. The second-order valence-corrected chi connectivity index (χ2v) is 1.56. The van der Waals surface area contributed by atoms with Gasteiger partial charge in [-0.25, -0.2) is 8.78 Å². The predicted octanol–water partition coefficient (Wildman–Crippen LogP) is 2.69. The molecule has 0 nitrogen and oxygen atoms in total. The van der Waals surface area contributed by atoms with Crippen LogP contribution in [-0.4, -0.2) is 6.17 Å². The highest BCUT2D eigenvalue weighted by Crippen LogP contribution is 2.17. The molecule has 1 atom stereocenters. The van der Waals surface area contributed by atoms with E-state index in [1.165, 1.54) is 0 Å². The average Bonchev–Trinajstić information content (AvgIpc) is 1.64. The van der Waals surface area contributed by atoms with Crippen molar-refractivity contribution in [3.63, 3.8) is 0 Å². The van der Waals surface area contributed by atoms with Crippen molar-refractivity contribution in [3.8, 4) is 0 Å². The standard InChI is InChI=1S/C4H4ClF3/c1-2(6)3(7)4(5)8/h2H,1H3. The number of halogens is 4. The van der Waals surface area contributed by atoms with E-state index < -0.39 is 17.3 Å². The average molecular weight is 145 g/mol. The third-order valence-electron chi connectivity index (χ3n) is 0.530. The summed E-state index contributed by atoms with van der Waals surface area (Å²) in [4.78, 5) is 0. The third kappa shape index (κ3) is 2.21. The van der Waals surface area contributed by atoms with Crippen LogP contribution in [0.5, 0.6) is 0 Å². The van der Waals surface area contributed by atoms with Crippen LogP contribution in [0.15, 0.2) is 11.1 Å². The Balaban J connectivity index is 4.00. The molecule has 8 heavy (non-hydrogen) atoms. The highest BCUT2D eigenvalue weighted by molar-refractivity contribution is 6.28. The summed E-state index contributed by atoms with van der Waals surface area (Å²) >= 11 is 4.42. The molecule has 0 fully saturated rings. The van der Waals surface area contributed by atoms with E-state index in [4.69, 9.17) is 0 Å². The summed E-state index contributed by atoms with van der Waals surface area (Å²) < 4.78 is 34.6. The summed E-state index contributed by atoms with van der Waals surface area (Å²) in [5.41, 5.74) is 0. The molecule has 0 heterocycles. The van der Waals surface area contributed by atoms with E-state index in [-0.39, 0.29) is 0 Å². The molecule has 0 N–H and O–H groups in total. The Hall–Kier alpha value is -0.180. The van der Waals surface area contributed by atoms with Gasteiger partial charge >= 0.3 is 0 Å². The molecule has 48 valence electrons. The van der Waals surface area contributed by atoms with E-state index in [0.717, 1.165) is 6.92 Å². The van der Waals surface area contributed by atoms with Crippen molar-refractivity contribution in [1.82, 2.24) is 0 Å². The van der Waals surface area contributed by atoms with Crippen molar-refractivity contribution in [2.45, 2.75) is 13.1 Å². The monoisotopic (exact) mass is 144 g/mol. The number of rotatable bonds is 1. The van der Waals surface area contributed by atoms with Crippen LogP contribution in [0.4, 0.5) is 13.2 Å². The molecule has 0 saturated heterocycles. The van der Waals surface area contributed by atoms with Crippen molar-refractivity contribution < 1.29 is 13.2 Å². The maximum Gasteiger partial charge on any atom is 0.223 e. The lowest BCUT2D eigenvalue weighted by Crippen LogP contribution is -1.92. The highest BCUT2D eigenvalue weighted by atomic mass is 35.5. The van der Waals surface area contributed by atoms with Crippen molar-refractivity contribution in [2.75, 3.05) is 0 Å². The molecule has 4 heteroatoms. The van der Waals surface area contributed by atoms with Gasteiger partial charge in [-0.3, -0.25) is 0 Å². The van der Waals surface area contributed by atoms with E-state index >= 15 is 0 Å². The van der Waals surface area contributed by atoms with Gasteiger partial charge in [-0.15, -0.1) is 0 Å². The smallest absolute Gasteiger partial charge is 0.223 e. The molecule has 0 saturated carbocycles. The third-order valence-corrected chi connectivity index (χ3v) is 0.710. The van der Waals surface area contributed by atoms with E-state index in [2.05, 4.69) is 11.6 Å². The minimum absolute atomic E-state index is 0.858. The van der Waals surface area contributed by atoms with Crippen LogP contribution in [0.2, 0.25) is 0 Å². The van der Waals surface area contributed by atoms with E-state index in [9.17, 15) is 13.2 Å². The maximum absolute atomic E-state index is 11.6. The lowest BCUT2D eigenvalue weighted by molar-refractivity contribution is 0.339. The topological polar surface area (TPSA) is 0 Å². The molecule has 0 aliphatic carbocycles. The van der Waals surface area contributed by atoms with Crippen LogP contribution in [0.1, 0.15) is 6.92 Å². The minimum Gasteiger partial charge on any atom is -0.240 e. The van der Waals surface area contributed by atoms with Crippen LogP contribution in [0, 0.1) is 0 Å². The molecule has 0 radical (unpaired) electrons. The van der Waals surface area contributed by atoms with Crippen LogP contribution in [0.25, 0.3) is 0 Å². The first-order chi connectivity index (χ1) is 3.55. The Kier molecular flexibility index (Phi) is 2.90. The van der Waals surface area contributed by atoms with Gasteiger partial charge in [0.15, 0.2) is 12.0 Å². The van der Waals surface area contributed by atoms with Crippen molar-refractivity contribution in [2.24, 2.45) is 0 Å². The Labute approximate surface area is 49.9 Å². The van der Waals surface area contributed by atoms with Gasteiger partial charge in [0, 0.05) is 0 Å². The molecule has 0 aliphatic heterocycles. The molecular weight excluding hydrogens is 140 g/mol. The first-order valence-corrected chi connectivity index (χ1v) is 2.28. The van der Waals surface area contributed by atoms with Gasteiger partial charge in [0.05, 0.1) is 0 Å². The highest BCUT2D eigenvalue weighted by Gasteiger charge is 2.10. The number of allylic oxidation sites excluding steroid dienone is 1. The zero-order valence-electron chi connectivity index (χ0n) is 4.09. The first-order valence-electron chi connectivity index (χ1n) is 1.90. The fraction of sp³-hybridized carbons (Fsp3) is 0.500. The molecule has 0 spiro atoms. The fourth-order valence-corrected chi connectivity index (χ4v) is 0.301. The quantitative estimate of drug-likeness (QED) is 0.531. The van der Waals surface area contributed by atoms with Gasteiger partial charge in [-0.1, -0.05) is 0 Å². The van der Waals surface area contributed by atoms with Crippen molar-refractivity contribution in [1.29, 1.82) is 0 Å². The molecule has 0 aromatic carbocycles. The van der Waals surface area contributed by atoms with Crippen LogP contribution in [0.3, 0.4) is 0 Å². The largest absolute Gasteiger partial charge is 0.240 e. The Morgan fingerprint density at radius 2 is 1.88 bits per heavy atom. The fourth-order valence-electron chi connectivity index (χ4n) is 0.150. The predicted molar refractivity (Wildman–Crippen MR) is 25.7 cm³/mol. The molecule has 0 bridgehead atoms. The summed E-state index contributed by atoms with van der Waals surface area (Å²) in [5, 5.41) is -1.61. The summed E-state index contributed by atoms with van der Waals surface area (Å²) in [6, 6.07) is 0. The second-order valence-electron chi connectivity index (χ2n) is 1.22. The molecule has 0 aromatic heterocycles. The number of alkyl halides is 1. The Morgan fingerprint density at radius 1 is 1.50 bits per heavy atom.